The first-order chi connectivity index (χ1) is 12.9. The zero-order valence-corrected chi connectivity index (χ0v) is 17.0. The van der Waals surface area contributed by atoms with Crippen molar-refractivity contribution in [2.45, 2.75) is 52.3 Å². The van der Waals surface area contributed by atoms with Gasteiger partial charge in [0.25, 0.3) is 0 Å². The number of methoxy groups -OCH3 is 1. The molecule has 0 unspecified atom stereocenters. The van der Waals surface area contributed by atoms with Gasteiger partial charge in [-0.15, -0.1) is 0 Å². The largest absolute Gasteiger partial charge is 0.416 e. The summed E-state index contributed by atoms with van der Waals surface area (Å²) >= 11 is 0. The molecule has 3 N–H and O–H groups in total. The van der Waals surface area contributed by atoms with E-state index in [1.807, 2.05) is 20.8 Å². The van der Waals surface area contributed by atoms with Crippen molar-refractivity contribution < 1.29 is 17.9 Å². The van der Waals surface area contributed by atoms with Crippen molar-refractivity contribution in [3.63, 3.8) is 0 Å². The Morgan fingerprint density at radius 1 is 1.33 bits per heavy atom. The lowest BCUT2D eigenvalue weighted by Crippen LogP contribution is -2.31. The summed E-state index contributed by atoms with van der Waals surface area (Å²) in [6.45, 7) is 9.76. The number of hydrogen-bond acceptors (Lipinski definition) is 5. The summed E-state index contributed by atoms with van der Waals surface area (Å²) in [7, 11) is 1.76. The molecular weight excluding hydrogens is 357 g/mol. The molecule has 1 aliphatic heterocycles. The highest BCUT2D eigenvalue weighted by molar-refractivity contribution is 5.41. The predicted octanol–water partition coefficient (Wildman–Crippen LogP) is 3.69. The number of unbranched alkanes of at least 4 members (excludes halogenated alkanes) is 1. The Morgan fingerprint density at radius 2 is 2.04 bits per heavy atom. The standard InChI is InChI=1S/C12H18F3N3.C5H11NO.C2H6/c1-2-3-7-18(8-5-16)11-9-10(4-6-17-11)12(13,14)15;1-7-5-2-3-6-4-5;1-2/h4,6,9H,2-3,5,7-8,16H2,1H3;5-6H,2-4H2,1H3;1-2H3/t;5-;/m.1./s1. The second-order valence-corrected chi connectivity index (χ2v) is 5.88. The Balaban J connectivity index is 0.000000621. The van der Waals surface area contributed by atoms with Gasteiger partial charge in [0.05, 0.1) is 11.7 Å². The van der Waals surface area contributed by atoms with Crippen molar-refractivity contribution in [2.24, 2.45) is 5.73 Å². The summed E-state index contributed by atoms with van der Waals surface area (Å²) < 4.78 is 42.8. The van der Waals surface area contributed by atoms with Gasteiger partial charge in [0.1, 0.15) is 5.82 Å². The number of nitrogens with one attached hydrogen (secondary N) is 1. The van der Waals surface area contributed by atoms with Crippen molar-refractivity contribution in [3.05, 3.63) is 23.9 Å². The first-order valence-electron chi connectivity index (χ1n) is 9.64. The number of aromatic nitrogens is 1. The smallest absolute Gasteiger partial charge is 0.380 e. The summed E-state index contributed by atoms with van der Waals surface area (Å²) in [5, 5.41) is 3.20. The lowest BCUT2D eigenvalue weighted by molar-refractivity contribution is -0.137. The van der Waals surface area contributed by atoms with Gasteiger partial charge in [0, 0.05) is 39.5 Å². The van der Waals surface area contributed by atoms with E-state index >= 15 is 0 Å². The predicted molar refractivity (Wildman–Crippen MR) is 105 cm³/mol. The lowest BCUT2D eigenvalue weighted by atomic mass is 10.2. The van der Waals surface area contributed by atoms with Crippen LogP contribution in [0, 0.1) is 0 Å². The van der Waals surface area contributed by atoms with Crippen LogP contribution in [0.2, 0.25) is 0 Å². The number of rotatable bonds is 7. The molecule has 8 heteroatoms. The minimum atomic E-state index is -4.34. The van der Waals surface area contributed by atoms with Crippen LogP contribution < -0.4 is 16.0 Å². The van der Waals surface area contributed by atoms with Gasteiger partial charge in [-0.25, -0.2) is 4.98 Å². The Morgan fingerprint density at radius 3 is 2.48 bits per heavy atom. The van der Waals surface area contributed by atoms with Crippen molar-refractivity contribution in [1.82, 2.24) is 10.3 Å². The molecule has 5 nitrogen and oxygen atoms in total. The highest BCUT2D eigenvalue weighted by atomic mass is 19.4. The molecule has 0 bridgehead atoms. The molecule has 0 amide bonds. The van der Waals surface area contributed by atoms with E-state index in [-0.39, 0.29) is 0 Å². The molecule has 0 spiro atoms. The molecule has 1 aliphatic rings. The van der Waals surface area contributed by atoms with Crippen LogP contribution in [0.25, 0.3) is 0 Å². The van der Waals surface area contributed by atoms with Gasteiger partial charge in [-0.1, -0.05) is 27.2 Å². The van der Waals surface area contributed by atoms with Crippen LogP contribution in [0.1, 0.15) is 45.6 Å². The fourth-order valence-electron chi connectivity index (χ4n) is 2.44. The topological polar surface area (TPSA) is 63.4 Å². The van der Waals surface area contributed by atoms with Crippen LogP contribution in [-0.4, -0.2) is 50.9 Å². The van der Waals surface area contributed by atoms with Gasteiger partial charge in [0.15, 0.2) is 0 Å². The van der Waals surface area contributed by atoms with Crippen molar-refractivity contribution in [3.8, 4) is 0 Å². The van der Waals surface area contributed by atoms with E-state index in [1.165, 1.54) is 12.6 Å². The van der Waals surface area contributed by atoms with E-state index < -0.39 is 11.7 Å². The SMILES string of the molecule is CC.CCCCN(CCN)c1cc(C(F)(F)F)ccn1.CO[C@@H]1CCNC1. The molecule has 1 fully saturated rings. The third kappa shape index (κ3) is 10.5. The van der Waals surface area contributed by atoms with E-state index in [0.717, 1.165) is 38.1 Å². The van der Waals surface area contributed by atoms with Gasteiger partial charge in [-0.2, -0.15) is 13.2 Å². The van der Waals surface area contributed by atoms with E-state index in [4.69, 9.17) is 10.5 Å². The molecule has 0 saturated carbocycles. The highest BCUT2D eigenvalue weighted by Gasteiger charge is 2.31. The summed E-state index contributed by atoms with van der Waals surface area (Å²) in [4.78, 5) is 5.79. The van der Waals surface area contributed by atoms with E-state index in [9.17, 15) is 13.2 Å². The van der Waals surface area contributed by atoms with Gasteiger partial charge >= 0.3 is 6.18 Å². The fraction of sp³-hybridized carbons (Fsp3) is 0.737. The molecule has 1 atom stereocenters. The Hall–Kier alpha value is -1.38. The molecule has 27 heavy (non-hydrogen) atoms. The van der Waals surface area contributed by atoms with E-state index in [2.05, 4.69) is 10.3 Å². The molecule has 0 aromatic carbocycles. The molecular formula is C19H35F3N4O. The van der Waals surface area contributed by atoms with Crippen molar-refractivity contribution in [1.29, 1.82) is 0 Å². The summed E-state index contributed by atoms with van der Waals surface area (Å²) in [5.41, 5.74) is 4.80. The fourth-order valence-corrected chi connectivity index (χ4v) is 2.44. The number of halogens is 3. The average molecular weight is 393 g/mol. The molecule has 1 aromatic rings. The lowest BCUT2D eigenvalue weighted by Gasteiger charge is -2.23. The monoisotopic (exact) mass is 392 g/mol. The van der Waals surface area contributed by atoms with Crippen molar-refractivity contribution >= 4 is 5.82 Å². The summed E-state index contributed by atoms with van der Waals surface area (Å²) in [6, 6.07) is 2.05. The zero-order chi connectivity index (χ0) is 20.7. The van der Waals surface area contributed by atoms with Crippen LogP contribution in [0.15, 0.2) is 18.3 Å². The zero-order valence-electron chi connectivity index (χ0n) is 17.0. The number of hydrogen-bond donors (Lipinski definition) is 2. The number of nitrogens with zero attached hydrogens (tertiary/aromatic N) is 2. The van der Waals surface area contributed by atoms with Crippen LogP contribution in [0.5, 0.6) is 0 Å². The van der Waals surface area contributed by atoms with Crippen LogP contribution in [0.3, 0.4) is 0 Å². The first-order valence-corrected chi connectivity index (χ1v) is 9.64. The minimum Gasteiger partial charge on any atom is -0.380 e. The number of ether oxygens (including phenoxy) is 1. The van der Waals surface area contributed by atoms with Gasteiger partial charge in [-0.05, 0) is 31.5 Å². The minimum absolute atomic E-state index is 0.337. The second kappa shape index (κ2) is 14.6. The Labute approximate surface area is 161 Å². The molecule has 2 heterocycles. The molecule has 2 rings (SSSR count). The number of anilines is 1. The van der Waals surface area contributed by atoms with Crippen LogP contribution in [-0.2, 0) is 10.9 Å². The summed E-state index contributed by atoms with van der Waals surface area (Å²) in [6.07, 6.45) is 0.388. The summed E-state index contributed by atoms with van der Waals surface area (Å²) in [5.74, 6) is 0.337. The molecule has 1 aromatic heterocycles. The molecule has 1 saturated heterocycles. The quantitative estimate of drug-likeness (QED) is 0.741. The molecule has 0 radical (unpaired) electrons. The van der Waals surface area contributed by atoms with Gasteiger partial charge in [-0.3, -0.25) is 0 Å². The van der Waals surface area contributed by atoms with Crippen molar-refractivity contribution in [2.75, 3.05) is 44.7 Å². The molecule has 0 aliphatic carbocycles. The number of alkyl halides is 3. The van der Waals surface area contributed by atoms with Crippen LogP contribution >= 0.6 is 0 Å². The number of pyridine rings is 1. The Kier molecular flexibility index (Phi) is 13.9. The van der Waals surface area contributed by atoms with E-state index in [1.54, 1.807) is 12.0 Å². The average Bonchev–Trinajstić information content (AvgIpc) is 3.20. The third-order valence-electron chi connectivity index (χ3n) is 3.93. The van der Waals surface area contributed by atoms with Gasteiger partial charge in [0.2, 0.25) is 0 Å². The second-order valence-electron chi connectivity index (χ2n) is 5.88. The maximum Gasteiger partial charge on any atom is 0.416 e. The van der Waals surface area contributed by atoms with E-state index in [0.29, 0.717) is 31.6 Å². The first kappa shape index (κ1) is 25.6. The maximum absolute atomic E-state index is 12.6. The third-order valence-corrected chi connectivity index (χ3v) is 3.93. The highest BCUT2D eigenvalue weighted by Crippen LogP contribution is 2.30. The van der Waals surface area contributed by atoms with Crippen LogP contribution in [0.4, 0.5) is 19.0 Å². The molecule has 158 valence electrons. The van der Waals surface area contributed by atoms with Gasteiger partial charge < -0.3 is 20.7 Å². The Bertz CT molecular complexity index is 480. The number of nitrogens with two attached hydrogens (primary N) is 1. The normalized spacial score (nSPS) is 16.1. The maximum atomic E-state index is 12.6.